The quantitative estimate of drug-likeness (QED) is 0.494. The highest BCUT2D eigenvalue weighted by Crippen LogP contribution is 2.04. The molecule has 5 heteroatoms. The molecule has 0 unspecified atom stereocenters. The van der Waals surface area contributed by atoms with Crippen LogP contribution in [-0.4, -0.2) is 37.3 Å². The van der Waals surface area contributed by atoms with E-state index in [2.05, 4.69) is 0 Å². The molecule has 0 aromatic heterocycles. The van der Waals surface area contributed by atoms with Crippen molar-refractivity contribution in [2.24, 2.45) is 0 Å². The Morgan fingerprint density at radius 3 is 2.50 bits per heavy atom. The highest BCUT2D eigenvalue weighted by atomic mass is 35.5. The summed E-state index contributed by atoms with van der Waals surface area (Å²) in [6.07, 6.45) is 0.748. The van der Waals surface area contributed by atoms with Gasteiger partial charge in [0.1, 0.15) is 9.84 Å². The zero-order valence-corrected chi connectivity index (χ0v) is 9.64. The van der Waals surface area contributed by atoms with Gasteiger partial charge in [0.2, 0.25) is 0 Å². The van der Waals surface area contributed by atoms with Crippen molar-refractivity contribution in [2.75, 3.05) is 28.9 Å². The minimum Gasteiger partial charge on any atom is -0.229 e. The molecule has 12 heavy (non-hydrogen) atoms. The zero-order valence-electron chi connectivity index (χ0n) is 7.25. The van der Waals surface area contributed by atoms with E-state index >= 15 is 0 Å². The molecule has 0 aliphatic carbocycles. The van der Waals surface area contributed by atoms with E-state index in [0.29, 0.717) is 11.6 Å². The van der Waals surface area contributed by atoms with Gasteiger partial charge in [-0.25, -0.2) is 8.42 Å². The van der Waals surface area contributed by atoms with E-state index in [9.17, 15) is 8.42 Å². The largest absolute Gasteiger partial charge is 0.229 e. The molecule has 0 radical (unpaired) electrons. The smallest absolute Gasteiger partial charge is 0.150 e. The normalized spacial score (nSPS) is 11.8. The van der Waals surface area contributed by atoms with Gasteiger partial charge in [-0.1, -0.05) is 6.92 Å². The molecule has 0 saturated heterocycles. The first-order valence-corrected chi connectivity index (χ1v) is 7.47. The summed E-state index contributed by atoms with van der Waals surface area (Å²) in [6, 6.07) is 0. The first kappa shape index (κ1) is 12.6. The van der Waals surface area contributed by atoms with Crippen LogP contribution in [0.4, 0.5) is 0 Å². The van der Waals surface area contributed by atoms with E-state index < -0.39 is 9.84 Å². The van der Waals surface area contributed by atoms with Gasteiger partial charge < -0.3 is 0 Å². The van der Waals surface area contributed by atoms with Crippen LogP contribution in [0.15, 0.2) is 0 Å². The third-order valence-electron chi connectivity index (χ3n) is 1.41. The lowest BCUT2D eigenvalue weighted by Gasteiger charge is -2.00. The molecule has 0 aromatic rings. The maximum absolute atomic E-state index is 11.0. The van der Waals surface area contributed by atoms with Crippen LogP contribution in [0, 0.1) is 0 Å². The van der Waals surface area contributed by atoms with Crippen molar-refractivity contribution in [1.82, 2.24) is 0 Å². The highest BCUT2D eigenvalue weighted by molar-refractivity contribution is 7.99. The van der Waals surface area contributed by atoms with Gasteiger partial charge in [-0.05, 0) is 12.2 Å². The summed E-state index contributed by atoms with van der Waals surface area (Å²) in [7, 11) is -2.75. The number of thioether (sulfide) groups is 1. The molecule has 0 spiro atoms. The van der Waals surface area contributed by atoms with Gasteiger partial charge in [0.25, 0.3) is 0 Å². The van der Waals surface area contributed by atoms with E-state index in [4.69, 9.17) is 11.6 Å². The molecule has 0 amide bonds. The molecule has 0 aliphatic rings. The molecular formula is C7H15ClO2S2. The molecule has 2 nitrogen and oxygen atoms in total. The monoisotopic (exact) mass is 230 g/mol. The topological polar surface area (TPSA) is 34.1 Å². The van der Waals surface area contributed by atoms with Gasteiger partial charge in [0, 0.05) is 17.4 Å². The fourth-order valence-electron chi connectivity index (χ4n) is 0.682. The Bertz CT molecular complexity index is 190. The molecular weight excluding hydrogens is 216 g/mol. The first-order valence-electron chi connectivity index (χ1n) is 3.96. The Morgan fingerprint density at radius 2 is 2.00 bits per heavy atom. The molecule has 0 aliphatic heterocycles. The van der Waals surface area contributed by atoms with Crippen LogP contribution in [0.5, 0.6) is 0 Å². The van der Waals surface area contributed by atoms with Crippen molar-refractivity contribution in [2.45, 2.75) is 13.3 Å². The van der Waals surface area contributed by atoms with E-state index in [1.54, 1.807) is 18.7 Å². The predicted molar refractivity (Wildman–Crippen MR) is 57.0 cm³/mol. The van der Waals surface area contributed by atoms with Crippen LogP contribution in [0.25, 0.3) is 0 Å². The van der Waals surface area contributed by atoms with Crippen LogP contribution >= 0.6 is 23.4 Å². The van der Waals surface area contributed by atoms with Crippen molar-refractivity contribution >= 4 is 33.2 Å². The third kappa shape index (κ3) is 7.25. The standard InChI is InChI=1S/C7H15ClO2S2/c1-2-12(9,10)7-3-5-11-6-4-8/h2-7H2,1H3. The summed E-state index contributed by atoms with van der Waals surface area (Å²) in [5, 5.41) is 0. The Labute approximate surface area is 84.0 Å². The molecule has 0 atom stereocenters. The number of halogens is 1. The van der Waals surface area contributed by atoms with Crippen molar-refractivity contribution in [3.05, 3.63) is 0 Å². The second-order valence-electron chi connectivity index (χ2n) is 2.39. The van der Waals surface area contributed by atoms with E-state index in [1.807, 2.05) is 0 Å². The Balaban J connectivity index is 3.32. The van der Waals surface area contributed by atoms with Gasteiger partial charge in [-0.15, -0.1) is 11.6 Å². The lowest BCUT2D eigenvalue weighted by Crippen LogP contribution is -2.09. The minimum absolute atomic E-state index is 0.257. The minimum atomic E-state index is -2.75. The summed E-state index contributed by atoms with van der Waals surface area (Å²) in [6.45, 7) is 1.68. The van der Waals surface area contributed by atoms with Crippen molar-refractivity contribution in [1.29, 1.82) is 0 Å². The lowest BCUT2D eigenvalue weighted by atomic mass is 10.6. The number of alkyl halides is 1. The average Bonchev–Trinajstić information content (AvgIpc) is 2.04. The van der Waals surface area contributed by atoms with E-state index in [1.165, 1.54) is 0 Å². The lowest BCUT2D eigenvalue weighted by molar-refractivity contribution is 0.596. The van der Waals surface area contributed by atoms with Gasteiger partial charge >= 0.3 is 0 Å². The van der Waals surface area contributed by atoms with Gasteiger partial charge in [-0.3, -0.25) is 0 Å². The molecule has 0 rings (SSSR count). The fraction of sp³-hybridized carbons (Fsp3) is 1.00. The van der Waals surface area contributed by atoms with E-state index in [0.717, 1.165) is 17.9 Å². The zero-order chi connectivity index (χ0) is 9.45. The number of sulfone groups is 1. The van der Waals surface area contributed by atoms with Gasteiger partial charge in [0.05, 0.1) is 5.75 Å². The van der Waals surface area contributed by atoms with Crippen LogP contribution in [0.1, 0.15) is 13.3 Å². The molecule has 0 heterocycles. The van der Waals surface area contributed by atoms with E-state index in [-0.39, 0.29) is 5.75 Å². The summed E-state index contributed by atoms with van der Waals surface area (Å²) < 4.78 is 22.0. The maximum Gasteiger partial charge on any atom is 0.150 e. The molecule has 0 saturated carbocycles. The Morgan fingerprint density at radius 1 is 1.33 bits per heavy atom. The maximum atomic E-state index is 11.0. The van der Waals surface area contributed by atoms with Crippen LogP contribution in [-0.2, 0) is 9.84 Å². The highest BCUT2D eigenvalue weighted by Gasteiger charge is 2.05. The Kier molecular flexibility index (Phi) is 7.38. The molecule has 74 valence electrons. The van der Waals surface area contributed by atoms with Crippen molar-refractivity contribution in [3.63, 3.8) is 0 Å². The van der Waals surface area contributed by atoms with Crippen LogP contribution in [0.3, 0.4) is 0 Å². The number of hydrogen-bond acceptors (Lipinski definition) is 3. The average molecular weight is 231 g/mol. The summed E-state index contributed by atoms with van der Waals surface area (Å²) in [5.41, 5.74) is 0. The van der Waals surface area contributed by atoms with Gasteiger partial charge in [0.15, 0.2) is 0 Å². The van der Waals surface area contributed by atoms with Crippen molar-refractivity contribution in [3.8, 4) is 0 Å². The van der Waals surface area contributed by atoms with Crippen LogP contribution in [0.2, 0.25) is 0 Å². The summed E-state index contributed by atoms with van der Waals surface area (Å²) >= 11 is 7.17. The first-order chi connectivity index (χ1) is 5.62. The Hall–Kier alpha value is 0.590. The predicted octanol–water partition coefficient (Wildman–Crippen LogP) is 1.78. The summed E-state index contributed by atoms with van der Waals surface area (Å²) in [4.78, 5) is 0. The SMILES string of the molecule is CCS(=O)(=O)CCCSCCCl. The molecule has 0 bridgehead atoms. The third-order valence-corrected chi connectivity index (χ3v) is 4.68. The molecule has 0 aromatic carbocycles. The molecule has 0 fully saturated rings. The second-order valence-corrected chi connectivity index (χ2v) is 6.47. The second kappa shape index (κ2) is 7.04. The van der Waals surface area contributed by atoms with Gasteiger partial charge in [-0.2, -0.15) is 11.8 Å². The number of rotatable bonds is 7. The van der Waals surface area contributed by atoms with Crippen molar-refractivity contribution < 1.29 is 8.42 Å². The molecule has 0 N–H and O–H groups in total. The summed E-state index contributed by atoms with van der Waals surface area (Å²) in [5.74, 6) is 3.02. The van der Waals surface area contributed by atoms with Crippen LogP contribution < -0.4 is 0 Å². The fourth-order valence-corrected chi connectivity index (χ4v) is 2.73. The number of hydrogen-bond donors (Lipinski definition) is 0.